The first-order chi connectivity index (χ1) is 14.2. The van der Waals surface area contributed by atoms with Crippen LogP contribution in [0.5, 0.6) is 0 Å². The molecule has 5 heteroatoms. The summed E-state index contributed by atoms with van der Waals surface area (Å²) in [5, 5.41) is 10.4. The first-order valence-electron chi connectivity index (χ1n) is 10.6. The second kappa shape index (κ2) is 9.42. The molecule has 154 valence electrons. The molecule has 1 amide bonds. The van der Waals surface area contributed by atoms with E-state index in [1.165, 1.54) is 16.7 Å². The molecule has 2 aromatic carbocycles. The van der Waals surface area contributed by atoms with Crippen molar-refractivity contribution < 1.29 is 14.6 Å². The average molecular weight is 395 g/mol. The van der Waals surface area contributed by atoms with Crippen LogP contribution < -0.4 is 0 Å². The van der Waals surface area contributed by atoms with Gasteiger partial charge in [-0.05, 0) is 36.0 Å². The van der Waals surface area contributed by atoms with E-state index in [1.807, 2.05) is 18.2 Å². The van der Waals surface area contributed by atoms with Crippen molar-refractivity contribution in [3.05, 3.63) is 71.3 Å². The number of hydrogen-bond donors (Lipinski definition) is 1. The number of hydrogen-bond acceptors (Lipinski definition) is 4. The van der Waals surface area contributed by atoms with Crippen LogP contribution >= 0.6 is 0 Å². The fourth-order valence-corrected chi connectivity index (χ4v) is 4.46. The normalized spacial score (nSPS) is 20.7. The Kier molecular flexibility index (Phi) is 6.47. The summed E-state index contributed by atoms with van der Waals surface area (Å²) >= 11 is 0. The first kappa shape index (κ1) is 19.9. The van der Waals surface area contributed by atoms with E-state index in [0.29, 0.717) is 19.0 Å². The molecular weight excluding hydrogens is 364 g/mol. The van der Waals surface area contributed by atoms with Crippen LogP contribution in [0.1, 0.15) is 35.4 Å². The molecule has 2 aliphatic heterocycles. The lowest BCUT2D eigenvalue weighted by Gasteiger charge is -2.33. The van der Waals surface area contributed by atoms with Crippen molar-refractivity contribution in [2.24, 2.45) is 0 Å². The molecule has 1 N–H and O–H groups in total. The molecule has 2 aromatic rings. The Labute approximate surface area is 172 Å². The van der Waals surface area contributed by atoms with E-state index in [9.17, 15) is 9.90 Å². The lowest BCUT2D eigenvalue weighted by molar-refractivity contribution is 0.0242. The summed E-state index contributed by atoms with van der Waals surface area (Å²) in [5.41, 5.74) is 3.99. The number of fused-ring (bicyclic) bond motifs is 1. The topological polar surface area (TPSA) is 53.0 Å². The Hall–Kier alpha value is -2.37. The van der Waals surface area contributed by atoms with Crippen molar-refractivity contribution in [2.45, 2.75) is 37.8 Å². The fourth-order valence-electron chi connectivity index (χ4n) is 4.46. The van der Waals surface area contributed by atoms with E-state index in [4.69, 9.17) is 4.74 Å². The summed E-state index contributed by atoms with van der Waals surface area (Å²) < 4.78 is 5.45. The zero-order chi connectivity index (χ0) is 20.1. The van der Waals surface area contributed by atoms with E-state index < -0.39 is 6.10 Å². The summed E-state index contributed by atoms with van der Waals surface area (Å²) in [5.74, 6) is 0.357. The number of carbonyl (C=O) groups is 1. The van der Waals surface area contributed by atoms with E-state index in [2.05, 4.69) is 41.3 Å². The van der Waals surface area contributed by atoms with Gasteiger partial charge in [0.05, 0.1) is 0 Å². The molecular formula is C24H30N2O3. The summed E-state index contributed by atoms with van der Waals surface area (Å²) in [6, 6.07) is 18.8. The SMILES string of the molecule is O=C(OCC(O)CN1CCc2ccccc2C1)N1CCCC(c2ccccc2)C1. The maximum absolute atomic E-state index is 12.5. The lowest BCUT2D eigenvalue weighted by Crippen LogP contribution is -2.42. The Balaban J connectivity index is 1.23. The summed E-state index contributed by atoms with van der Waals surface area (Å²) in [4.78, 5) is 16.5. The molecule has 2 heterocycles. The zero-order valence-corrected chi connectivity index (χ0v) is 16.9. The minimum atomic E-state index is -0.668. The predicted molar refractivity (Wildman–Crippen MR) is 113 cm³/mol. The molecule has 5 nitrogen and oxygen atoms in total. The molecule has 29 heavy (non-hydrogen) atoms. The standard InChI is InChI=1S/C24H30N2O3/c27-23(17-25-14-12-20-9-4-5-10-21(20)15-25)18-29-24(28)26-13-6-11-22(16-26)19-7-2-1-3-8-19/h1-5,7-10,22-23,27H,6,11-18H2. The van der Waals surface area contributed by atoms with Crippen LogP contribution in [-0.2, 0) is 17.7 Å². The van der Waals surface area contributed by atoms with Crippen LogP contribution in [0.2, 0.25) is 0 Å². The van der Waals surface area contributed by atoms with Gasteiger partial charge in [-0.1, -0.05) is 54.6 Å². The van der Waals surface area contributed by atoms with Crippen molar-refractivity contribution in [1.29, 1.82) is 0 Å². The van der Waals surface area contributed by atoms with Crippen molar-refractivity contribution >= 4 is 6.09 Å². The van der Waals surface area contributed by atoms with Crippen LogP contribution in [0, 0.1) is 0 Å². The maximum Gasteiger partial charge on any atom is 0.409 e. The van der Waals surface area contributed by atoms with Crippen molar-refractivity contribution in [2.75, 3.05) is 32.8 Å². The van der Waals surface area contributed by atoms with Crippen LogP contribution in [0.25, 0.3) is 0 Å². The van der Waals surface area contributed by atoms with Gasteiger partial charge < -0.3 is 14.7 Å². The maximum atomic E-state index is 12.5. The van der Waals surface area contributed by atoms with E-state index in [-0.39, 0.29) is 12.7 Å². The number of β-amino-alcohol motifs (C(OH)–C–C–N with tert-alkyl or cyclic N) is 1. The van der Waals surface area contributed by atoms with Gasteiger partial charge >= 0.3 is 6.09 Å². The molecule has 0 aliphatic carbocycles. The number of ether oxygens (including phenoxy) is 1. The third-order valence-corrected chi connectivity index (χ3v) is 6.03. The third kappa shape index (κ3) is 5.17. The number of aliphatic hydroxyl groups excluding tert-OH is 1. The minimum Gasteiger partial charge on any atom is -0.447 e. The molecule has 1 saturated heterocycles. The highest BCUT2D eigenvalue weighted by Crippen LogP contribution is 2.27. The molecule has 2 atom stereocenters. The van der Waals surface area contributed by atoms with Gasteiger partial charge in [0, 0.05) is 38.6 Å². The van der Waals surface area contributed by atoms with Gasteiger partial charge in [0.2, 0.25) is 0 Å². The molecule has 2 unspecified atom stereocenters. The average Bonchev–Trinajstić information content (AvgIpc) is 2.78. The Morgan fingerprint density at radius 1 is 1.07 bits per heavy atom. The molecule has 1 fully saturated rings. The van der Waals surface area contributed by atoms with Crippen molar-refractivity contribution in [1.82, 2.24) is 9.80 Å². The Morgan fingerprint density at radius 2 is 1.83 bits per heavy atom. The largest absolute Gasteiger partial charge is 0.447 e. The quantitative estimate of drug-likeness (QED) is 0.844. The number of carbonyl (C=O) groups excluding carboxylic acids is 1. The molecule has 0 aromatic heterocycles. The van der Waals surface area contributed by atoms with Gasteiger partial charge in [-0.15, -0.1) is 0 Å². The third-order valence-electron chi connectivity index (χ3n) is 6.03. The number of nitrogens with zero attached hydrogens (tertiary/aromatic N) is 2. The molecule has 2 aliphatic rings. The number of likely N-dealkylation sites (tertiary alicyclic amines) is 1. The predicted octanol–water partition coefficient (Wildman–Crippen LogP) is 3.42. The van der Waals surface area contributed by atoms with Crippen molar-refractivity contribution in [3.63, 3.8) is 0 Å². The van der Waals surface area contributed by atoms with Gasteiger partial charge in [0.25, 0.3) is 0 Å². The smallest absolute Gasteiger partial charge is 0.409 e. The van der Waals surface area contributed by atoms with Gasteiger partial charge in [0.1, 0.15) is 12.7 Å². The Morgan fingerprint density at radius 3 is 2.66 bits per heavy atom. The van der Waals surface area contributed by atoms with Gasteiger partial charge in [-0.25, -0.2) is 4.79 Å². The van der Waals surface area contributed by atoms with Crippen LogP contribution in [-0.4, -0.2) is 59.9 Å². The lowest BCUT2D eigenvalue weighted by atomic mass is 9.91. The summed E-state index contributed by atoms with van der Waals surface area (Å²) in [6.07, 6.45) is 2.08. The highest BCUT2D eigenvalue weighted by atomic mass is 16.6. The summed E-state index contributed by atoms with van der Waals surface area (Å²) in [6.45, 7) is 3.74. The molecule has 0 bridgehead atoms. The number of rotatable bonds is 5. The highest BCUT2D eigenvalue weighted by molar-refractivity contribution is 5.67. The van der Waals surface area contributed by atoms with Gasteiger partial charge in [-0.3, -0.25) is 4.90 Å². The molecule has 0 saturated carbocycles. The first-order valence-corrected chi connectivity index (χ1v) is 10.6. The fraction of sp³-hybridized carbons (Fsp3) is 0.458. The van der Waals surface area contributed by atoms with Crippen LogP contribution in [0.15, 0.2) is 54.6 Å². The Bertz CT molecular complexity index is 811. The number of piperidine rings is 1. The molecule has 0 radical (unpaired) electrons. The van der Waals surface area contributed by atoms with E-state index in [0.717, 1.165) is 38.9 Å². The molecule has 0 spiro atoms. The molecule has 4 rings (SSSR count). The number of amides is 1. The summed E-state index contributed by atoms with van der Waals surface area (Å²) in [7, 11) is 0. The van der Waals surface area contributed by atoms with Gasteiger partial charge in [0.15, 0.2) is 0 Å². The second-order valence-electron chi connectivity index (χ2n) is 8.18. The highest BCUT2D eigenvalue weighted by Gasteiger charge is 2.26. The second-order valence-corrected chi connectivity index (χ2v) is 8.18. The monoisotopic (exact) mass is 394 g/mol. The van der Waals surface area contributed by atoms with E-state index in [1.54, 1.807) is 4.90 Å². The van der Waals surface area contributed by atoms with Gasteiger partial charge in [-0.2, -0.15) is 0 Å². The van der Waals surface area contributed by atoms with Crippen LogP contribution in [0.3, 0.4) is 0 Å². The van der Waals surface area contributed by atoms with Crippen LogP contribution in [0.4, 0.5) is 4.79 Å². The van der Waals surface area contributed by atoms with Crippen molar-refractivity contribution in [3.8, 4) is 0 Å². The zero-order valence-electron chi connectivity index (χ0n) is 16.9. The number of benzene rings is 2. The number of aliphatic hydroxyl groups is 1. The van der Waals surface area contributed by atoms with E-state index >= 15 is 0 Å². The minimum absolute atomic E-state index is 0.0451.